The summed E-state index contributed by atoms with van der Waals surface area (Å²) in [4.78, 5) is 15.7. The van der Waals surface area contributed by atoms with E-state index in [1.165, 1.54) is 0 Å². The van der Waals surface area contributed by atoms with Crippen LogP contribution in [0, 0.1) is 6.92 Å². The zero-order chi connectivity index (χ0) is 16.4. The maximum absolute atomic E-state index is 12.6. The molecule has 2 N–H and O–H groups in total. The summed E-state index contributed by atoms with van der Waals surface area (Å²) < 4.78 is 10.5. The molecule has 1 aromatic heterocycles. The summed E-state index contributed by atoms with van der Waals surface area (Å²) in [6.45, 7) is 1.97. The number of aromatic amines is 1. The van der Waals surface area contributed by atoms with Gasteiger partial charge < -0.3 is 19.8 Å². The molecule has 1 amide bonds. The van der Waals surface area contributed by atoms with Gasteiger partial charge in [0, 0.05) is 23.2 Å². The highest BCUT2D eigenvalue weighted by atomic mass is 16.5. The Hall–Kier alpha value is -2.95. The van der Waals surface area contributed by atoms with E-state index in [-0.39, 0.29) is 5.91 Å². The van der Waals surface area contributed by atoms with E-state index in [1.807, 2.05) is 43.3 Å². The Kier molecular flexibility index (Phi) is 3.93. The first-order chi connectivity index (χ1) is 11.1. The molecule has 0 unspecified atom stereocenters. The van der Waals surface area contributed by atoms with E-state index in [0.717, 1.165) is 22.2 Å². The van der Waals surface area contributed by atoms with Crippen molar-refractivity contribution in [1.29, 1.82) is 0 Å². The molecule has 0 aliphatic carbocycles. The molecule has 0 saturated heterocycles. The van der Waals surface area contributed by atoms with Gasteiger partial charge in [0.15, 0.2) is 0 Å². The number of H-pyrrole nitrogens is 1. The highest BCUT2D eigenvalue weighted by Crippen LogP contribution is 2.28. The van der Waals surface area contributed by atoms with Crippen LogP contribution in [0.4, 0.5) is 5.69 Å². The molecular weight excluding hydrogens is 292 g/mol. The third-order valence-corrected chi connectivity index (χ3v) is 3.74. The molecule has 23 heavy (non-hydrogen) atoms. The quantitative estimate of drug-likeness (QED) is 0.771. The second kappa shape index (κ2) is 6.04. The molecule has 2 aromatic carbocycles. The third kappa shape index (κ3) is 2.85. The molecule has 1 heterocycles. The number of hydrogen-bond acceptors (Lipinski definition) is 3. The number of rotatable bonds is 4. The molecule has 118 valence electrons. The third-order valence-electron chi connectivity index (χ3n) is 3.74. The van der Waals surface area contributed by atoms with E-state index >= 15 is 0 Å². The van der Waals surface area contributed by atoms with Gasteiger partial charge in [-0.1, -0.05) is 6.07 Å². The minimum absolute atomic E-state index is 0.190. The van der Waals surface area contributed by atoms with Crippen LogP contribution in [0.1, 0.15) is 15.9 Å². The van der Waals surface area contributed by atoms with Crippen molar-refractivity contribution in [3.63, 3.8) is 0 Å². The topological polar surface area (TPSA) is 63.4 Å². The number of ether oxygens (including phenoxy) is 2. The molecule has 5 heteroatoms. The van der Waals surface area contributed by atoms with Gasteiger partial charge in [0.1, 0.15) is 11.5 Å². The first kappa shape index (κ1) is 15.0. The minimum Gasteiger partial charge on any atom is -0.497 e. The molecule has 0 saturated carbocycles. The Morgan fingerprint density at radius 1 is 1.09 bits per heavy atom. The molecule has 0 aliphatic heterocycles. The number of fused-ring (bicyclic) bond motifs is 1. The fourth-order valence-corrected chi connectivity index (χ4v) is 2.53. The Balaban J connectivity index is 1.94. The van der Waals surface area contributed by atoms with Gasteiger partial charge in [-0.3, -0.25) is 4.79 Å². The number of carbonyl (C=O) groups excluding carboxylic acids is 1. The van der Waals surface area contributed by atoms with Gasteiger partial charge in [-0.05, 0) is 36.8 Å². The van der Waals surface area contributed by atoms with Crippen molar-refractivity contribution in [2.45, 2.75) is 6.92 Å². The van der Waals surface area contributed by atoms with Crippen molar-refractivity contribution in [1.82, 2.24) is 4.98 Å². The van der Waals surface area contributed by atoms with Crippen LogP contribution in [0.25, 0.3) is 10.9 Å². The zero-order valence-corrected chi connectivity index (χ0v) is 13.3. The maximum atomic E-state index is 12.6. The van der Waals surface area contributed by atoms with Crippen molar-refractivity contribution in [2.24, 2.45) is 0 Å². The second-order valence-electron chi connectivity index (χ2n) is 5.27. The normalized spacial score (nSPS) is 10.6. The predicted octanol–water partition coefficient (Wildman–Crippen LogP) is 3.75. The lowest BCUT2D eigenvalue weighted by Gasteiger charge is -2.10. The molecule has 3 aromatic rings. The van der Waals surface area contributed by atoms with Crippen molar-refractivity contribution in [3.8, 4) is 11.5 Å². The van der Waals surface area contributed by atoms with Gasteiger partial charge in [-0.25, -0.2) is 0 Å². The predicted molar refractivity (Wildman–Crippen MR) is 90.5 cm³/mol. The van der Waals surface area contributed by atoms with E-state index in [4.69, 9.17) is 9.47 Å². The highest BCUT2D eigenvalue weighted by molar-refractivity contribution is 6.13. The van der Waals surface area contributed by atoms with Crippen molar-refractivity contribution in [2.75, 3.05) is 19.5 Å². The molecule has 5 nitrogen and oxygen atoms in total. The van der Waals surface area contributed by atoms with Crippen molar-refractivity contribution >= 4 is 22.5 Å². The highest BCUT2D eigenvalue weighted by Gasteiger charge is 2.14. The van der Waals surface area contributed by atoms with Gasteiger partial charge in [-0.2, -0.15) is 0 Å². The number of aryl methyl sites for hydroxylation is 1. The molecule has 3 rings (SSSR count). The average Bonchev–Trinajstić information content (AvgIpc) is 2.98. The number of anilines is 1. The van der Waals surface area contributed by atoms with Crippen molar-refractivity contribution in [3.05, 3.63) is 53.7 Å². The Morgan fingerprint density at radius 2 is 1.91 bits per heavy atom. The van der Waals surface area contributed by atoms with Crippen LogP contribution in [0.2, 0.25) is 0 Å². The smallest absolute Gasteiger partial charge is 0.257 e. The van der Waals surface area contributed by atoms with Gasteiger partial charge >= 0.3 is 0 Å². The standard InChI is InChI=1S/C18H18N2O3/c1-11-4-7-17(23-3)16(8-11)20-18(21)14-10-19-15-9-12(22-2)5-6-13(14)15/h4-10,19H,1-3H3,(H,20,21). The van der Waals surface area contributed by atoms with Gasteiger partial charge in [-0.15, -0.1) is 0 Å². The first-order valence-corrected chi connectivity index (χ1v) is 7.23. The zero-order valence-electron chi connectivity index (χ0n) is 13.3. The molecule has 0 aliphatic rings. The van der Waals surface area contributed by atoms with Crippen LogP contribution in [-0.4, -0.2) is 25.1 Å². The van der Waals surface area contributed by atoms with Crippen LogP contribution in [0.3, 0.4) is 0 Å². The molecule has 0 bridgehead atoms. The average molecular weight is 310 g/mol. The van der Waals surface area contributed by atoms with Crippen LogP contribution >= 0.6 is 0 Å². The lowest BCUT2D eigenvalue weighted by Crippen LogP contribution is -2.12. The Morgan fingerprint density at radius 3 is 2.65 bits per heavy atom. The number of carbonyl (C=O) groups is 1. The molecule has 0 radical (unpaired) electrons. The van der Waals surface area contributed by atoms with E-state index in [0.29, 0.717) is 17.0 Å². The number of aromatic nitrogens is 1. The number of methoxy groups -OCH3 is 2. The summed E-state index contributed by atoms with van der Waals surface area (Å²) in [5.74, 6) is 1.18. The second-order valence-corrected chi connectivity index (χ2v) is 5.27. The number of hydrogen-bond donors (Lipinski definition) is 2. The van der Waals surface area contributed by atoms with E-state index in [1.54, 1.807) is 20.4 Å². The fourth-order valence-electron chi connectivity index (χ4n) is 2.53. The summed E-state index contributed by atoms with van der Waals surface area (Å²) in [6, 6.07) is 11.2. The lowest BCUT2D eigenvalue weighted by atomic mass is 10.1. The largest absolute Gasteiger partial charge is 0.497 e. The summed E-state index contributed by atoms with van der Waals surface area (Å²) in [5.41, 5.74) is 3.13. The van der Waals surface area contributed by atoms with E-state index in [9.17, 15) is 4.79 Å². The van der Waals surface area contributed by atoms with E-state index < -0.39 is 0 Å². The van der Waals surface area contributed by atoms with Crippen LogP contribution < -0.4 is 14.8 Å². The Labute approximate surface area is 134 Å². The fraction of sp³-hybridized carbons (Fsp3) is 0.167. The summed E-state index contributed by atoms with van der Waals surface area (Å²) in [5, 5.41) is 3.75. The minimum atomic E-state index is -0.190. The monoisotopic (exact) mass is 310 g/mol. The number of amides is 1. The van der Waals surface area contributed by atoms with Crippen LogP contribution in [0.5, 0.6) is 11.5 Å². The summed E-state index contributed by atoms with van der Waals surface area (Å²) >= 11 is 0. The lowest BCUT2D eigenvalue weighted by molar-refractivity contribution is 0.102. The van der Waals surface area contributed by atoms with Gasteiger partial charge in [0.2, 0.25) is 0 Å². The maximum Gasteiger partial charge on any atom is 0.257 e. The summed E-state index contributed by atoms with van der Waals surface area (Å²) in [7, 11) is 3.19. The number of benzene rings is 2. The van der Waals surface area contributed by atoms with Gasteiger partial charge in [0.25, 0.3) is 5.91 Å². The molecule has 0 atom stereocenters. The van der Waals surface area contributed by atoms with Crippen molar-refractivity contribution < 1.29 is 14.3 Å². The molecular formula is C18H18N2O3. The van der Waals surface area contributed by atoms with E-state index in [2.05, 4.69) is 10.3 Å². The van der Waals surface area contributed by atoms with Crippen LogP contribution in [0.15, 0.2) is 42.6 Å². The first-order valence-electron chi connectivity index (χ1n) is 7.23. The van der Waals surface area contributed by atoms with Crippen LogP contribution in [-0.2, 0) is 0 Å². The molecule has 0 fully saturated rings. The SMILES string of the molecule is COc1ccc2c(C(=O)Nc3cc(C)ccc3OC)c[nH]c2c1. The molecule has 0 spiro atoms. The Bertz CT molecular complexity index is 868. The van der Waals surface area contributed by atoms with Gasteiger partial charge in [0.05, 0.1) is 25.5 Å². The number of nitrogens with one attached hydrogen (secondary N) is 2. The summed E-state index contributed by atoms with van der Waals surface area (Å²) in [6.07, 6.45) is 1.70.